The average molecular weight is 531 g/mol. The molecule has 0 saturated carbocycles. The molecular formula is C23H23ClN6O5S. The zero-order valence-electron chi connectivity index (χ0n) is 19.2. The van der Waals surface area contributed by atoms with Crippen molar-refractivity contribution in [1.82, 2.24) is 9.97 Å². The Labute approximate surface area is 212 Å². The number of para-hydroxylation sites is 1. The molecule has 36 heavy (non-hydrogen) atoms. The van der Waals surface area contributed by atoms with Crippen LogP contribution in [0.5, 0.6) is 0 Å². The van der Waals surface area contributed by atoms with Gasteiger partial charge in [-0.15, -0.1) is 0 Å². The van der Waals surface area contributed by atoms with E-state index in [-0.39, 0.29) is 29.1 Å². The van der Waals surface area contributed by atoms with Gasteiger partial charge in [-0.1, -0.05) is 29.8 Å². The van der Waals surface area contributed by atoms with E-state index < -0.39 is 22.7 Å². The van der Waals surface area contributed by atoms with Crippen molar-refractivity contribution in [2.75, 3.05) is 21.1 Å². The van der Waals surface area contributed by atoms with Crippen molar-refractivity contribution in [1.29, 1.82) is 0 Å². The molecule has 4 rings (SSSR count). The number of nitrogens with one attached hydrogen (secondary N) is 1. The number of aliphatic carboxylic acids is 1. The summed E-state index contributed by atoms with van der Waals surface area (Å²) in [7, 11) is -4.30. The Bertz CT molecular complexity index is 1450. The summed E-state index contributed by atoms with van der Waals surface area (Å²) in [5.74, 6) is -1.42. The van der Waals surface area contributed by atoms with E-state index in [1.54, 1.807) is 49.4 Å². The summed E-state index contributed by atoms with van der Waals surface area (Å²) in [6, 6.07) is 11.8. The molecule has 2 heterocycles. The minimum absolute atomic E-state index is 0.0254. The van der Waals surface area contributed by atoms with Crippen molar-refractivity contribution in [3.63, 3.8) is 0 Å². The summed E-state index contributed by atoms with van der Waals surface area (Å²) in [6.07, 6.45) is 2.66. The standard InChI is InChI=1S/C23H23ClN6O5S/c1-14-5-2-3-7-18(14)30(36(25,34)35)22-17(24)12-26-23(28-22)27-16-9-10-19-15(11-16)6-4-8-20(31)29(19)13-21(32)33/h2-3,5,7,9-12H,4,6,8,13H2,1H3,(H,32,33)(H2,25,34,35)(H,26,27,28). The van der Waals surface area contributed by atoms with Crippen molar-refractivity contribution in [3.8, 4) is 0 Å². The smallest absolute Gasteiger partial charge is 0.323 e. The van der Waals surface area contributed by atoms with Crippen LogP contribution < -0.4 is 19.7 Å². The zero-order chi connectivity index (χ0) is 26.0. The van der Waals surface area contributed by atoms with Crippen LogP contribution in [0.4, 0.5) is 28.8 Å². The highest BCUT2D eigenvalue weighted by atomic mass is 35.5. The molecule has 1 aliphatic heterocycles. The number of rotatable bonds is 7. The average Bonchev–Trinajstić information content (AvgIpc) is 2.94. The lowest BCUT2D eigenvalue weighted by Crippen LogP contribution is -2.35. The van der Waals surface area contributed by atoms with Crippen molar-refractivity contribution in [2.24, 2.45) is 5.14 Å². The van der Waals surface area contributed by atoms with Crippen LogP contribution in [0.15, 0.2) is 48.7 Å². The van der Waals surface area contributed by atoms with E-state index in [2.05, 4.69) is 15.3 Å². The number of carboxylic acids is 1. The van der Waals surface area contributed by atoms with E-state index in [1.807, 2.05) is 0 Å². The Balaban J connectivity index is 1.70. The maximum Gasteiger partial charge on any atom is 0.323 e. The second kappa shape index (κ2) is 10.1. The molecule has 0 bridgehead atoms. The van der Waals surface area contributed by atoms with Gasteiger partial charge in [0, 0.05) is 17.8 Å². The molecular weight excluding hydrogens is 508 g/mol. The van der Waals surface area contributed by atoms with Gasteiger partial charge in [0.05, 0.1) is 11.9 Å². The lowest BCUT2D eigenvalue weighted by atomic mass is 10.1. The minimum atomic E-state index is -4.30. The fourth-order valence-corrected chi connectivity index (χ4v) is 5.07. The third kappa shape index (κ3) is 5.40. The lowest BCUT2D eigenvalue weighted by molar-refractivity contribution is -0.136. The van der Waals surface area contributed by atoms with E-state index in [4.69, 9.17) is 16.7 Å². The number of carboxylic acid groups (broad SMARTS) is 1. The number of anilines is 5. The molecule has 0 aliphatic carbocycles. The second-order valence-electron chi connectivity index (χ2n) is 8.16. The van der Waals surface area contributed by atoms with Gasteiger partial charge in [-0.2, -0.15) is 13.4 Å². The summed E-state index contributed by atoms with van der Waals surface area (Å²) in [5, 5.41) is 17.7. The maximum atomic E-state index is 12.5. The topological polar surface area (TPSA) is 159 Å². The molecule has 13 heteroatoms. The van der Waals surface area contributed by atoms with E-state index in [0.717, 1.165) is 9.87 Å². The number of halogens is 1. The number of hydrogen-bond acceptors (Lipinski definition) is 7. The van der Waals surface area contributed by atoms with E-state index in [1.165, 1.54) is 11.1 Å². The molecule has 1 aromatic heterocycles. The molecule has 11 nitrogen and oxygen atoms in total. The minimum Gasteiger partial charge on any atom is -0.480 e. The number of aromatic nitrogens is 2. The number of hydrogen-bond donors (Lipinski definition) is 3. The van der Waals surface area contributed by atoms with E-state index in [0.29, 0.717) is 35.5 Å². The number of benzene rings is 2. The van der Waals surface area contributed by atoms with Gasteiger partial charge in [-0.25, -0.2) is 14.4 Å². The van der Waals surface area contributed by atoms with Gasteiger partial charge >= 0.3 is 16.2 Å². The fourth-order valence-electron chi connectivity index (χ4n) is 3.99. The van der Waals surface area contributed by atoms with Crippen LogP contribution in [0.2, 0.25) is 5.02 Å². The molecule has 188 valence electrons. The second-order valence-corrected chi connectivity index (χ2v) is 9.96. The quantitative estimate of drug-likeness (QED) is 0.419. The normalized spacial score (nSPS) is 13.6. The third-order valence-electron chi connectivity index (χ3n) is 5.56. The summed E-state index contributed by atoms with van der Waals surface area (Å²) < 4.78 is 25.9. The maximum absolute atomic E-state index is 12.5. The molecule has 0 radical (unpaired) electrons. The number of amides is 1. The molecule has 0 saturated heterocycles. The lowest BCUT2D eigenvalue weighted by Gasteiger charge is -2.24. The molecule has 0 unspecified atom stereocenters. The fraction of sp³-hybridized carbons (Fsp3) is 0.217. The van der Waals surface area contributed by atoms with Crippen LogP contribution in [0.1, 0.15) is 24.0 Å². The Hall–Kier alpha value is -3.74. The van der Waals surface area contributed by atoms with Gasteiger partial charge < -0.3 is 15.3 Å². The van der Waals surface area contributed by atoms with Crippen LogP contribution in [-0.4, -0.2) is 41.9 Å². The Morgan fingerprint density at radius 1 is 1.25 bits per heavy atom. The first-order valence-electron chi connectivity index (χ1n) is 10.9. The van der Waals surface area contributed by atoms with Crippen LogP contribution in [0.3, 0.4) is 0 Å². The Morgan fingerprint density at radius 2 is 2.00 bits per heavy atom. The Kier molecular flexibility index (Phi) is 7.11. The van der Waals surface area contributed by atoms with Gasteiger partial charge in [-0.3, -0.25) is 9.59 Å². The van der Waals surface area contributed by atoms with Crippen LogP contribution in [0, 0.1) is 6.92 Å². The first-order valence-corrected chi connectivity index (χ1v) is 12.8. The van der Waals surface area contributed by atoms with Gasteiger partial charge in [0.1, 0.15) is 11.6 Å². The number of nitrogens with zero attached hydrogens (tertiary/aromatic N) is 4. The summed E-state index contributed by atoms with van der Waals surface area (Å²) in [4.78, 5) is 33.4. The predicted molar refractivity (Wildman–Crippen MR) is 136 cm³/mol. The van der Waals surface area contributed by atoms with Gasteiger partial charge in [-0.05, 0) is 55.2 Å². The van der Waals surface area contributed by atoms with Crippen LogP contribution in [-0.2, 0) is 26.2 Å². The number of fused-ring (bicyclic) bond motifs is 1. The third-order valence-corrected chi connectivity index (χ3v) is 6.71. The highest BCUT2D eigenvalue weighted by molar-refractivity contribution is 7.90. The predicted octanol–water partition coefficient (Wildman–Crippen LogP) is 3.28. The van der Waals surface area contributed by atoms with Crippen LogP contribution >= 0.6 is 11.6 Å². The van der Waals surface area contributed by atoms with Crippen molar-refractivity contribution in [3.05, 3.63) is 64.8 Å². The van der Waals surface area contributed by atoms with Crippen molar-refractivity contribution in [2.45, 2.75) is 26.2 Å². The zero-order valence-corrected chi connectivity index (χ0v) is 20.8. The molecule has 1 aliphatic rings. The molecule has 4 N–H and O–H groups in total. The molecule has 0 atom stereocenters. The van der Waals surface area contributed by atoms with Gasteiger partial charge in [0.15, 0.2) is 5.82 Å². The molecule has 0 fully saturated rings. The number of aryl methyl sites for hydroxylation is 2. The van der Waals surface area contributed by atoms with Crippen molar-refractivity contribution < 1.29 is 23.1 Å². The van der Waals surface area contributed by atoms with Gasteiger partial charge in [0.2, 0.25) is 11.9 Å². The molecule has 1 amide bonds. The van der Waals surface area contributed by atoms with Crippen molar-refractivity contribution >= 4 is 62.5 Å². The highest BCUT2D eigenvalue weighted by Gasteiger charge is 2.27. The van der Waals surface area contributed by atoms with E-state index in [9.17, 15) is 23.1 Å². The molecule has 0 spiro atoms. The SMILES string of the molecule is Cc1ccccc1N(c1nc(Nc2ccc3c(c2)CCCC(=O)N3CC(=O)O)ncc1Cl)S(N)(=O)=O. The number of carbonyl (C=O) groups excluding carboxylic acids is 1. The summed E-state index contributed by atoms with van der Waals surface area (Å²) in [5.41, 5.74) is 2.81. The first kappa shape index (κ1) is 25.4. The first-order chi connectivity index (χ1) is 17.0. The van der Waals surface area contributed by atoms with Crippen LogP contribution in [0.25, 0.3) is 0 Å². The monoisotopic (exact) mass is 530 g/mol. The number of nitrogens with two attached hydrogens (primary N) is 1. The van der Waals surface area contributed by atoms with Gasteiger partial charge in [0.25, 0.3) is 0 Å². The molecule has 3 aromatic rings. The Morgan fingerprint density at radius 3 is 2.69 bits per heavy atom. The van der Waals surface area contributed by atoms with E-state index >= 15 is 0 Å². The highest BCUT2D eigenvalue weighted by Crippen LogP contribution is 2.35. The largest absolute Gasteiger partial charge is 0.480 e. The number of carbonyl (C=O) groups is 2. The summed E-state index contributed by atoms with van der Waals surface area (Å²) >= 11 is 6.29. The summed E-state index contributed by atoms with van der Waals surface area (Å²) in [6.45, 7) is 1.31. The molecule has 2 aromatic carbocycles.